The summed E-state index contributed by atoms with van der Waals surface area (Å²) in [4.78, 5) is 26.9. The SMILES string of the molecule is CCCNC(=O)CN1C(=O)CSC(c2ccc(F)cc2F)c2c(C(C)(C)C)nn(C)c21. The highest BCUT2D eigenvalue weighted by Gasteiger charge is 2.39. The number of aryl methyl sites for hydroxylation is 1. The fourth-order valence-electron chi connectivity index (χ4n) is 3.67. The number of hydrogen-bond donors (Lipinski definition) is 1. The molecular weight excluding hydrogens is 422 g/mol. The first kappa shape index (κ1) is 23.2. The van der Waals surface area contributed by atoms with Crippen LogP contribution in [0.15, 0.2) is 18.2 Å². The fourth-order valence-corrected chi connectivity index (χ4v) is 4.89. The molecule has 0 spiro atoms. The monoisotopic (exact) mass is 450 g/mol. The number of aromatic nitrogens is 2. The predicted octanol–water partition coefficient (Wildman–Crippen LogP) is 3.69. The molecule has 2 heterocycles. The number of amides is 2. The molecule has 0 bridgehead atoms. The van der Waals surface area contributed by atoms with Gasteiger partial charge in [0.1, 0.15) is 24.0 Å². The number of hydrogen-bond acceptors (Lipinski definition) is 4. The van der Waals surface area contributed by atoms with E-state index >= 15 is 0 Å². The average molecular weight is 451 g/mol. The van der Waals surface area contributed by atoms with E-state index in [1.54, 1.807) is 11.7 Å². The van der Waals surface area contributed by atoms with Crippen molar-refractivity contribution in [1.82, 2.24) is 15.1 Å². The molecule has 1 aromatic carbocycles. The number of benzene rings is 1. The molecule has 2 aromatic rings. The van der Waals surface area contributed by atoms with Gasteiger partial charge in [0, 0.05) is 36.2 Å². The summed E-state index contributed by atoms with van der Waals surface area (Å²) in [5, 5.41) is 6.89. The van der Waals surface area contributed by atoms with Crippen LogP contribution in [0.2, 0.25) is 0 Å². The van der Waals surface area contributed by atoms with E-state index in [-0.39, 0.29) is 29.7 Å². The number of nitrogens with zero attached hydrogens (tertiary/aromatic N) is 3. The van der Waals surface area contributed by atoms with Gasteiger partial charge in [-0.05, 0) is 12.5 Å². The molecule has 0 saturated heterocycles. The Morgan fingerprint density at radius 3 is 2.65 bits per heavy atom. The summed E-state index contributed by atoms with van der Waals surface area (Å²) in [6.45, 7) is 8.29. The van der Waals surface area contributed by atoms with Gasteiger partial charge in [0.2, 0.25) is 11.8 Å². The molecular formula is C22H28F2N4O2S. The second kappa shape index (κ2) is 8.98. The van der Waals surface area contributed by atoms with Crippen LogP contribution in [0.4, 0.5) is 14.6 Å². The molecule has 1 unspecified atom stereocenters. The standard InChI is InChI=1S/C22H28F2N4O2S/c1-6-9-25-16(29)11-28-17(30)12-31-19(14-8-7-13(23)10-15(14)24)18-20(22(2,3)4)26-27(5)21(18)28/h7-8,10,19H,6,9,11-12H2,1-5H3,(H,25,29). The minimum absolute atomic E-state index is 0.0564. The quantitative estimate of drug-likeness (QED) is 0.755. The number of halogens is 2. The molecule has 0 radical (unpaired) electrons. The van der Waals surface area contributed by atoms with Crippen molar-refractivity contribution in [3.8, 4) is 0 Å². The van der Waals surface area contributed by atoms with Crippen LogP contribution < -0.4 is 10.2 Å². The Hall–Kier alpha value is -2.42. The van der Waals surface area contributed by atoms with Crippen LogP contribution >= 0.6 is 11.8 Å². The number of nitrogens with one attached hydrogen (secondary N) is 1. The predicted molar refractivity (Wildman–Crippen MR) is 118 cm³/mol. The minimum atomic E-state index is -0.672. The van der Waals surface area contributed by atoms with E-state index in [1.807, 2.05) is 27.7 Å². The van der Waals surface area contributed by atoms with E-state index < -0.39 is 22.3 Å². The summed E-state index contributed by atoms with van der Waals surface area (Å²) in [7, 11) is 1.71. The van der Waals surface area contributed by atoms with Gasteiger partial charge in [-0.1, -0.05) is 33.8 Å². The Morgan fingerprint density at radius 1 is 1.32 bits per heavy atom. The van der Waals surface area contributed by atoms with Gasteiger partial charge < -0.3 is 5.32 Å². The highest BCUT2D eigenvalue weighted by Crippen LogP contribution is 2.48. The number of fused-ring (bicyclic) bond motifs is 1. The Balaban J connectivity index is 2.18. The van der Waals surface area contributed by atoms with E-state index in [2.05, 4.69) is 10.4 Å². The van der Waals surface area contributed by atoms with Gasteiger partial charge in [0.05, 0.1) is 16.7 Å². The Labute approximate surface area is 185 Å². The van der Waals surface area contributed by atoms with Gasteiger partial charge in [0.25, 0.3) is 0 Å². The number of rotatable bonds is 5. The molecule has 9 heteroatoms. The van der Waals surface area contributed by atoms with Gasteiger partial charge in [-0.25, -0.2) is 8.78 Å². The highest BCUT2D eigenvalue weighted by atomic mass is 32.2. The lowest BCUT2D eigenvalue weighted by atomic mass is 9.87. The fraction of sp³-hybridized carbons (Fsp3) is 0.500. The Kier molecular flexibility index (Phi) is 6.73. The summed E-state index contributed by atoms with van der Waals surface area (Å²) in [5.74, 6) is -1.33. The van der Waals surface area contributed by atoms with Crippen molar-refractivity contribution in [1.29, 1.82) is 0 Å². The molecule has 1 aromatic heterocycles. The maximum absolute atomic E-state index is 14.8. The van der Waals surface area contributed by atoms with E-state index in [1.165, 1.54) is 28.8 Å². The minimum Gasteiger partial charge on any atom is -0.355 e. The van der Waals surface area contributed by atoms with E-state index in [0.29, 0.717) is 23.6 Å². The van der Waals surface area contributed by atoms with Crippen molar-refractivity contribution in [3.63, 3.8) is 0 Å². The van der Waals surface area contributed by atoms with E-state index in [0.717, 1.165) is 12.5 Å². The van der Waals surface area contributed by atoms with Crippen molar-refractivity contribution in [2.75, 3.05) is 23.7 Å². The zero-order chi connectivity index (χ0) is 22.9. The first-order valence-electron chi connectivity index (χ1n) is 10.3. The number of carbonyl (C=O) groups is 2. The first-order chi connectivity index (χ1) is 14.5. The lowest BCUT2D eigenvalue weighted by Crippen LogP contribution is -2.42. The molecule has 1 atom stereocenters. The van der Waals surface area contributed by atoms with Gasteiger partial charge in [-0.3, -0.25) is 19.2 Å². The zero-order valence-electron chi connectivity index (χ0n) is 18.5. The largest absolute Gasteiger partial charge is 0.355 e. The number of carbonyl (C=O) groups excluding carboxylic acids is 2. The molecule has 0 saturated carbocycles. The van der Waals surface area contributed by atoms with Crippen LogP contribution in [-0.4, -0.2) is 40.4 Å². The zero-order valence-corrected chi connectivity index (χ0v) is 19.3. The topological polar surface area (TPSA) is 67.2 Å². The smallest absolute Gasteiger partial charge is 0.240 e. The van der Waals surface area contributed by atoms with Gasteiger partial charge in [-0.2, -0.15) is 5.10 Å². The van der Waals surface area contributed by atoms with Crippen molar-refractivity contribution in [2.45, 2.75) is 44.8 Å². The maximum atomic E-state index is 14.8. The van der Waals surface area contributed by atoms with Gasteiger partial charge in [-0.15, -0.1) is 11.8 Å². The summed E-state index contributed by atoms with van der Waals surface area (Å²) in [5.41, 5.74) is 1.28. The van der Waals surface area contributed by atoms with Crippen LogP contribution in [0.5, 0.6) is 0 Å². The molecule has 6 nitrogen and oxygen atoms in total. The molecule has 1 aliphatic rings. The summed E-state index contributed by atoms with van der Waals surface area (Å²) >= 11 is 1.26. The van der Waals surface area contributed by atoms with Crippen molar-refractivity contribution >= 4 is 29.4 Å². The van der Waals surface area contributed by atoms with Crippen LogP contribution in [0.3, 0.4) is 0 Å². The Bertz CT molecular complexity index is 1000. The second-order valence-corrected chi connectivity index (χ2v) is 9.74. The van der Waals surface area contributed by atoms with Crippen LogP contribution in [0.25, 0.3) is 0 Å². The summed E-state index contributed by atoms with van der Waals surface area (Å²) in [6.07, 6.45) is 0.784. The van der Waals surface area contributed by atoms with E-state index in [9.17, 15) is 18.4 Å². The lowest BCUT2D eigenvalue weighted by Gasteiger charge is -2.24. The van der Waals surface area contributed by atoms with Crippen LogP contribution in [0.1, 0.15) is 56.2 Å². The number of thioether (sulfide) groups is 1. The molecule has 0 aliphatic carbocycles. The summed E-state index contributed by atoms with van der Waals surface area (Å²) in [6, 6.07) is 3.49. The van der Waals surface area contributed by atoms with Crippen LogP contribution in [0, 0.1) is 11.6 Å². The normalized spacial score (nSPS) is 16.8. The third-order valence-electron chi connectivity index (χ3n) is 5.07. The Morgan fingerprint density at radius 2 is 2.03 bits per heavy atom. The lowest BCUT2D eigenvalue weighted by molar-refractivity contribution is -0.122. The third kappa shape index (κ3) is 4.76. The molecule has 2 amide bonds. The molecule has 0 fully saturated rings. The van der Waals surface area contributed by atoms with Gasteiger partial charge >= 0.3 is 0 Å². The van der Waals surface area contributed by atoms with Crippen molar-refractivity contribution in [2.24, 2.45) is 7.05 Å². The van der Waals surface area contributed by atoms with E-state index in [4.69, 9.17) is 0 Å². The average Bonchev–Trinajstić information content (AvgIpc) is 2.96. The first-order valence-corrected chi connectivity index (χ1v) is 11.3. The molecule has 168 valence electrons. The molecule has 31 heavy (non-hydrogen) atoms. The number of anilines is 1. The third-order valence-corrected chi connectivity index (χ3v) is 6.31. The van der Waals surface area contributed by atoms with Crippen molar-refractivity contribution < 1.29 is 18.4 Å². The summed E-state index contributed by atoms with van der Waals surface area (Å²) < 4.78 is 29.9. The second-order valence-electron chi connectivity index (χ2n) is 8.65. The van der Waals surface area contributed by atoms with Crippen molar-refractivity contribution in [3.05, 3.63) is 46.7 Å². The molecule has 1 N–H and O–H groups in total. The maximum Gasteiger partial charge on any atom is 0.240 e. The highest BCUT2D eigenvalue weighted by molar-refractivity contribution is 8.00. The van der Waals surface area contributed by atoms with Crippen LogP contribution in [-0.2, 0) is 22.1 Å². The molecule has 3 rings (SSSR count). The molecule has 1 aliphatic heterocycles. The van der Waals surface area contributed by atoms with Gasteiger partial charge in [0.15, 0.2) is 0 Å².